The molecule has 1 aromatic rings. The van der Waals surface area contributed by atoms with Crippen molar-refractivity contribution in [1.82, 2.24) is 20.2 Å². The molecule has 1 heterocycles. The molecule has 1 atom stereocenters. The highest BCUT2D eigenvalue weighted by Gasteiger charge is 2.25. The third-order valence-electron chi connectivity index (χ3n) is 3.02. The molecule has 1 unspecified atom stereocenters. The van der Waals surface area contributed by atoms with E-state index < -0.39 is 10.0 Å². The van der Waals surface area contributed by atoms with Crippen LogP contribution in [0.25, 0.3) is 0 Å². The summed E-state index contributed by atoms with van der Waals surface area (Å²) in [6.45, 7) is 11.1. The lowest BCUT2D eigenvalue weighted by Crippen LogP contribution is -2.34. The van der Waals surface area contributed by atoms with Gasteiger partial charge in [-0.05, 0) is 32.7 Å². The average molecular weight is 302 g/mol. The van der Waals surface area contributed by atoms with Crippen LogP contribution in [0.3, 0.4) is 0 Å². The molecule has 20 heavy (non-hydrogen) atoms. The van der Waals surface area contributed by atoms with Crippen LogP contribution in [0.15, 0.2) is 5.03 Å². The lowest BCUT2D eigenvalue weighted by Gasteiger charge is -2.15. The summed E-state index contributed by atoms with van der Waals surface area (Å²) < 4.78 is 27.5. The first kappa shape index (κ1) is 17.1. The SMILES string of the molecule is CCNCc1c(S(=O)(=O)NC(C)CC(C)C)n[nH]c1C. The standard InChI is InChI=1S/C13H26N4O2S/c1-6-14-8-12-11(5)15-16-13(12)20(18,19)17-10(4)7-9(2)3/h9-10,14,17H,6-8H2,1-5H3,(H,15,16). The fourth-order valence-electron chi connectivity index (χ4n) is 2.19. The summed E-state index contributed by atoms with van der Waals surface area (Å²) in [5.74, 6) is 0.440. The first-order valence-corrected chi connectivity index (χ1v) is 8.53. The van der Waals surface area contributed by atoms with Crippen molar-refractivity contribution in [3.8, 4) is 0 Å². The van der Waals surface area contributed by atoms with Crippen LogP contribution in [0.2, 0.25) is 0 Å². The summed E-state index contributed by atoms with van der Waals surface area (Å²) in [5.41, 5.74) is 1.49. The number of rotatable bonds is 8. The first-order valence-electron chi connectivity index (χ1n) is 7.04. The van der Waals surface area contributed by atoms with E-state index in [1.165, 1.54) is 0 Å². The van der Waals surface area contributed by atoms with Crippen LogP contribution in [-0.2, 0) is 16.6 Å². The quantitative estimate of drug-likeness (QED) is 0.680. The Hall–Kier alpha value is -0.920. The van der Waals surface area contributed by atoms with Gasteiger partial charge in [-0.2, -0.15) is 5.10 Å². The molecule has 6 nitrogen and oxygen atoms in total. The predicted octanol–water partition coefficient (Wildman–Crippen LogP) is 1.54. The Bertz CT molecular complexity index is 522. The number of aromatic amines is 1. The fourth-order valence-corrected chi connectivity index (χ4v) is 3.64. The van der Waals surface area contributed by atoms with E-state index in [0.29, 0.717) is 18.0 Å². The topological polar surface area (TPSA) is 86.9 Å². The van der Waals surface area contributed by atoms with Crippen molar-refractivity contribution in [3.63, 3.8) is 0 Å². The summed E-state index contributed by atoms with van der Waals surface area (Å²) in [7, 11) is -3.58. The molecule has 0 aliphatic heterocycles. The van der Waals surface area contributed by atoms with E-state index in [-0.39, 0.29) is 11.1 Å². The maximum Gasteiger partial charge on any atom is 0.260 e. The molecular formula is C13H26N4O2S. The molecule has 1 aromatic heterocycles. The summed E-state index contributed by atoms with van der Waals surface area (Å²) in [5, 5.41) is 9.95. The molecule has 0 spiro atoms. The van der Waals surface area contributed by atoms with Crippen molar-refractivity contribution in [1.29, 1.82) is 0 Å². The molecule has 0 aliphatic rings. The van der Waals surface area contributed by atoms with Crippen molar-refractivity contribution in [2.45, 2.75) is 58.7 Å². The molecule has 0 saturated heterocycles. The zero-order valence-electron chi connectivity index (χ0n) is 12.9. The van der Waals surface area contributed by atoms with E-state index >= 15 is 0 Å². The third kappa shape index (κ3) is 4.57. The Morgan fingerprint density at radius 3 is 2.50 bits per heavy atom. The average Bonchev–Trinajstić information content (AvgIpc) is 2.66. The van der Waals surface area contributed by atoms with Crippen LogP contribution in [0.4, 0.5) is 0 Å². The molecule has 0 aromatic carbocycles. The molecule has 116 valence electrons. The summed E-state index contributed by atoms with van der Waals surface area (Å²) >= 11 is 0. The van der Waals surface area contributed by atoms with Gasteiger partial charge in [0.25, 0.3) is 10.0 Å². The highest BCUT2D eigenvalue weighted by Crippen LogP contribution is 2.17. The second-order valence-corrected chi connectivity index (χ2v) is 7.19. The van der Waals surface area contributed by atoms with Crippen molar-refractivity contribution >= 4 is 10.0 Å². The summed E-state index contributed by atoms with van der Waals surface area (Å²) in [6.07, 6.45) is 0.797. The maximum atomic E-state index is 12.4. The van der Waals surface area contributed by atoms with Crippen molar-refractivity contribution in [2.24, 2.45) is 5.92 Å². The number of aryl methyl sites for hydroxylation is 1. The highest BCUT2D eigenvalue weighted by atomic mass is 32.2. The first-order chi connectivity index (χ1) is 9.27. The van der Waals surface area contributed by atoms with E-state index in [1.807, 2.05) is 20.8 Å². The monoisotopic (exact) mass is 302 g/mol. The predicted molar refractivity (Wildman–Crippen MR) is 79.9 cm³/mol. The van der Waals surface area contributed by atoms with E-state index in [2.05, 4.69) is 34.1 Å². The van der Waals surface area contributed by atoms with Gasteiger partial charge in [0.05, 0.1) is 0 Å². The lowest BCUT2D eigenvalue weighted by atomic mass is 10.1. The van der Waals surface area contributed by atoms with Crippen molar-refractivity contribution in [2.75, 3.05) is 6.54 Å². The third-order valence-corrected chi connectivity index (χ3v) is 4.58. The molecule has 0 saturated carbocycles. The Balaban J connectivity index is 2.92. The zero-order chi connectivity index (χ0) is 15.3. The van der Waals surface area contributed by atoms with Crippen LogP contribution in [0, 0.1) is 12.8 Å². The minimum Gasteiger partial charge on any atom is -0.313 e. The molecule has 0 bridgehead atoms. The molecule has 7 heteroatoms. The Kier molecular flexibility index (Phi) is 6.16. The van der Waals surface area contributed by atoms with Gasteiger partial charge in [-0.25, -0.2) is 13.1 Å². The molecule has 1 rings (SSSR count). The maximum absolute atomic E-state index is 12.4. The van der Waals surface area contributed by atoms with E-state index in [0.717, 1.165) is 18.7 Å². The normalized spacial score (nSPS) is 13.9. The van der Waals surface area contributed by atoms with Crippen LogP contribution in [0.1, 0.15) is 45.4 Å². The summed E-state index contributed by atoms with van der Waals surface area (Å²) in [4.78, 5) is 0. The number of sulfonamides is 1. The van der Waals surface area contributed by atoms with E-state index in [4.69, 9.17) is 0 Å². The van der Waals surface area contributed by atoms with Gasteiger partial charge in [0.1, 0.15) is 0 Å². The van der Waals surface area contributed by atoms with Gasteiger partial charge in [-0.1, -0.05) is 20.8 Å². The summed E-state index contributed by atoms with van der Waals surface area (Å²) in [6, 6.07) is -0.107. The second kappa shape index (κ2) is 7.19. The number of H-pyrrole nitrogens is 1. The van der Waals surface area contributed by atoms with E-state index in [9.17, 15) is 8.42 Å². The number of hydrogen-bond acceptors (Lipinski definition) is 4. The van der Waals surface area contributed by atoms with E-state index in [1.54, 1.807) is 0 Å². The van der Waals surface area contributed by atoms with Crippen LogP contribution in [-0.4, -0.2) is 31.2 Å². The number of nitrogens with zero attached hydrogens (tertiary/aromatic N) is 1. The molecular weight excluding hydrogens is 276 g/mol. The Morgan fingerprint density at radius 1 is 1.30 bits per heavy atom. The number of aromatic nitrogens is 2. The molecule has 0 amide bonds. The molecule has 0 radical (unpaired) electrons. The van der Waals surface area contributed by atoms with Gasteiger partial charge in [-0.3, -0.25) is 5.10 Å². The number of hydrogen-bond donors (Lipinski definition) is 3. The molecule has 0 fully saturated rings. The van der Waals surface area contributed by atoms with Crippen LogP contribution in [0.5, 0.6) is 0 Å². The zero-order valence-corrected chi connectivity index (χ0v) is 13.8. The molecule has 3 N–H and O–H groups in total. The van der Waals surface area contributed by atoms with Gasteiger partial charge < -0.3 is 5.32 Å². The smallest absolute Gasteiger partial charge is 0.260 e. The van der Waals surface area contributed by atoms with Gasteiger partial charge in [-0.15, -0.1) is 0 Å². The van der Waals surface area contributed by atoms with Gasteiger partial charge in [0.15, 0.2) is 5.03 Å². The lowest BCUT2D eigenvalue weighted by molar-refractivity contribution is 0.481. The Morgan fingerprint density at radius 2 is 1.95 bits per heavy atom. The second-order valence-electron chi connectivity index (χ2n) is 5.56. The van der Waals surface area contributed by atoms with Crippen molar-refractivity contribution in [3.05, 3.63) is 11.3 Å². The van der Waals surface area contributed by atoms with Gasteiger partial charge in [0, 0.05) is 23.8 Å². The van der Waals surface area contributed by atoms with Crippen molar-refractivity contribution < 1.29 is 8.42 Å². The minimum atomic E-state index is -3.58. The molecule has 0 aliphatic carbocycles. The highest BCUT2D eigenvalue weighted by molar-refractivity contribution is 7.89. The fraction of sp³-hybridized carbons (Fsp3) is 0.769. The van der Waals surface area contributed by atoms with Crippen LogP contribution >= 0.6 is 0 Å². The largest absolute Gasteiger partial charge is 0.313 e. The number of nitrogens with one attached hydrogen (secondary N) is 3. The van der Waals surface area contributed by atoms with Gasteiger partial charge >= 0.3 is 0 Å². The minimum absolute atomic E-state index is 0.103. The van der Waals surface area contributed by atoms with Gasteiger partial charge in [0.2, 0.25) is 0 Å². The Labute approximate surface area is 121 Å². The van der Waals surface area contributed by atoms with Crippen LogP contribution < -0.4 is 10.0 Å².